The number of fused-ring (bicyclic) bond motifs is 1. The molecule has 2 aromatic heterocycles. The van der Waals surface area contributed by atoms with Gasteiger partial charge in [0.1, 0.15) is 17.1 Å². The molecule has 0 radical (unpaired) electrons. The quantitative estimate of drug-likeness (QED) is 0.303. The van der Waals surface area contributed by atoms with Gasteiger partial charge in [0.15, 0.2) is 0 Å². The molecule has 5 rings (SSSR count). The summed E-state index contributed by atoms with van der Waals surface area (Å²) < 4.78 is 5.85. The van der Waals surface area contributed by atoms with Crippen LogP contribution < -0.4 is 20.3 Å². The lowest BCUT2D eigenvalue weighted by atomic mass is 9.86. The van der Waals surface area contributed by atoms with Crippen molar-refractivity contribution in [2.45, 2.75) is 39.2 Å². The number of anilines is 2. The number of carbonyl (C=O) groups is 1. The first kappa shape index (κ1) is 26.9. The number of ether oxygens (including phenoxy) is 1. The SMILES string of the molecule is C.CN(C)c1nc(NC2CCC(CNC(=O)c3cccnc3Oc3ccccc3)CC2)nc2ccccc12. The zero-order valence-corrected chi connectivity index (χ0v) is 21.2. The van der Waals surface area contributed by atoms with Gasteiger partial charge in [0.2, 0.25) is 11.8 Å². The fourth-order valence-electron chi connectivity index (χ4n) is 4.74. The fraction of sp³-hybridized carbons (Fsp3) is 0.333. The second-order valence-corrected chi connectivity index (χ2v) is 9.63. The van der Waals surface area contributed by atoms with E-state index in [1.807, 2.05) is 67.5 Å². The van der Waals surface area contributed by atoms with Crippen molar-refractivity contribution in [2.24, 2.45) is 5.92 Å². The Bertz CT molecular complexity index is 1350. The van der Waals surface area contributed by atoms with Gasteiger partial charge < -0.3 is 20.3 Å². The minimum atomic E-state index is -0.167. The Morgan fingerprint density at radius 3 is 2.45 bits per heavy atom. The van der Waals surface area contributed by atoms with E-state index in [9.17, 15) is 4.79 Å². The van der Waals surface area contributed by atoms with Crippen molar-refractivity contribution < 1.29 is 9.53 Å². The average molecular weight is 513 g/mol. The summed E-state index contributed by atoms with van der Waals surface area (Å²) >= 11 is 0. The summed E-state index contributed by atoms with van der Waals surface area (Å²) in [5, 5.41) is 7.68. The van der Waals surface area contributed by atoms with Crippen LogP contribution in [-0.4, -0.2) is 47.5 Å². The van der Waals surface area contributed by atoms with Crippen molar-refractivity contribution >= 4 is 28.6 Å². The highest BCUT2D eigenvalue weighted by Crippen LogP contribution is 2.28. The van der Waals surface area contributed by atoms with Gasteiger partial charge in [-0.1, -0.05) is 37.8 Å². The zero-order chi connectivity index (χ0) is 25.6. The van der Waals surface area contributed by atoms with Crippen LogP contribution in [0.1, 0.15) is 43.5 Å². The van der Waals surface area contributed by atoms with Gasteiger partial charge in [0.05, 0.1) is 5.52 Å². The van der Waals surface area contributed by atoms with Crippen LogP contribution in [0.3, 0.4) is 0 Å². The van der Waals surface area contributed by atoms with E-state index in [0.29, 0.717) is 41.6 Å². The number of aromatic nitrogens is 3. The Hall–Kier alpha value is -4.20. The third kappa shape index (κ3) is 6.37. The maximum absolute atomic E-state index is 12.9. The van der Waals surface area contributed by atoms with Gasteiger partial charge in [-0.15, -0.1) is 0 Å². The number of rotatable bonds is 8. The van der Waals surface area contributed by atoms with Crippen molar-refractivity contribution in [1.29, 1.82) is 0 Å². The lowest BCUT2D eigenvalue weighted by molar-refractivity contribution is 0.0940. The second-order valence-electron chi connectivity index (χ2n) is 9.63. The Morgan fingerprint density at radius 2 is 1.68 bits per heavy atom. The highest BCUT2D eigenvalue weighted by Gasteiger charge is 2.23. The topological polar surface area (TPSA) is 92.3 Å². The summed E-state index contributed by atoms with van der Waals surface area (Å²) in [5.74, 6) is 2.80. The standard InChI is InChI=1S/C29H32N6O2.CH4/c1-35(2)26-23-11-6-7-13-25(23)33-29(34-26)32-21-16-14-20(15-17-21)19-31-27(36)24-12-8-18-30-28(24)37-22-9-4-3-5-10-22;/h3-13,18,20-21H,14-17,19H2,1-2H3,(H,31,36)(H,32,33,34);1H4. The number of hydrogen-bond acceptors (Lipinski definition) is 7. The fourth-order valence-corrected chi connectivity index (χ4v) is 4.74. The van der Waals surface area contributed by atoms with E-state index >= 15 is 0 Å². The molecule has 2 N–H and O–H groups in total. The van der Waals surface area contributed by atoms with E-state index < -0.39 is 0 Å². The minimum absolute atomic E-state index is 0. The molecule has 1 saturated carbocycles. The van der Waals surface area contributed by atoms with Crippen molar-refractivity contribution in [2.75, 3.05) is 30.9 Å². The predicted molar refractivity (Wildman–Crippen MR) is 153 cm³/mol. The van der Waals surface area contributed by atoms with Crippen molar-refractivity contribution in [1.82, 2.24) is 20.3 Å². The number of benzene rings is 2. The largest absolute Gasteiger partial charge is 0.438 e. The highest BCUT2D eigenvalue weighted by molar-refractivity contribution is 5.96. The molecular weight excluding hydrogens is 476 g/mol. The molecular formula is C30H36N6O2. The summed E-state index contributed by atoms with van der Waals surface area (Å²) in [6.07, 6.45) is 5.68. The van der Waals surface area contributed by atoms with E-state index in [4.69, 9.17) is 14.7 Å². The monoisotopic (exact) mass is 512 g/mol. The Balaban J connectivity index is 0.00000336. The number of nitrogens with zero attached hydrogens (tertiary/aromatic N) is 4. The third-order valence-corrected chi connectivity index (χ3v) is 6.71. The molecule has 0 bridgehead atoms. The van der Waals surface area contributed by atoms with Crippen molar-refractivity contribution in [3.8, 4) is 11.6 Å². The third-order valence-electron chi connectivity index (χ3n) is 6.71. The smallest absolute Gasteiger partial charge is 0.256 e. The summed E-state index contributed by atoms with van der Waals surface area (Å²) in [7, 11) is 4.00. The van der Waals surface area contributed by atoms with Gasteiger partial charge in [-0.05, 0) is 68.0 Å². The van der Waals surface area contributed by atoms with Gasteiger partial charge in [0, 0.05) is 38.3 Å². The molecule has 0 spiro atoms. The molecule has 0 aliphatic heterocycles. The van der Waals surface area contributed by atoms with Crippen LogP contribution >= 0.6 is 0 Å². The maximum Gasteiger partial charge on any atom is 0.256 e. The predicted octanol–water partition coefficient (Wildman–Crippen LogP) is 5.92. The van der Waals surface area contributed by atoms with Crippen molar-refractivity contribution in [3.63, 3.8) is 0 Å². The van der Waals surface area contributed by atoms with Crippen LogP contribution in [0, 0.1) is 5.92 Å². The van der Waals surface area contributed by atoms with Crippen LogP contribution in [0.5, 0.6) is 11.6 Å². The number of carbonyl (C=O) groups excluding carboxylic acids is 1. The molecule has 198 valence electrons. The first-order valence-corrected chi connectivity index (χ1v) is 12.7. The number of amides is 1. The van der Waals surface area contributed by atoms with Gasteiger partial charge in [-0.3, -0.25) is 4.79 Å². The zero-order valence-electron chi connectivity index (χ0n) is 21.2. The average Bonchev–Trinajstić information content (AvgIpc) is 2.93. The molecule has 1 fully saturated rings. The van der Waals surface area contributed by atoms with E-state index in [1.54, 1.807) is 18.3 Å². The molecule has 0 unspecified atom stereocenters. The number of para-hydroxylation sites is 2. The Morgan fingerprint density at radius 1 is 0.947 bits per heavy atom. The molecule has 1 amide bonds. The lowest BCUT2D eigenvalue weighted by Gasteiger charge is -2.29. The van der Waals surface area contributed by atoms with E-state index in [0.717, 1.165) is 42.4 Å². The molecule has 1 aliphatic rings. The molecule has 2 aromatic carbocycles. The lowest BCUT2D eigenvalue weighted by Crippen LogP contribution is -2.34. The van der Waals surface area contributed by atoms with Crippen LogP contribution in [0.2, 0.25) is 0 Å². The molecule has 8 nitrogen and oxygen atoms in total. The molecule has 2 heterocycles. The van der Waals surface area contributed by atoms with Gasteiger partial charge >= 0.3 is 0 Å². The van der Waals surface area contributed by atoms with E-state index in [-0.39, 0.29) is 13.3 Å². The molecule has 0 atom stereocenters. The van der Waals surface area contributed by atoms with Gasteiger partial charge in [0.25, 0.3) is 5.91 Å². The molecule has 38 heavy (non-hydrogen) atoms. The molecule has 1 aliphatic carbocycles. The summed E-state index contributed by atoms with van der Waals surface area (Å²) in [5.41, 5.74) is 1.37. The Kier molecular flexibility index (Phi) is 8.73. The normalized spacial score (nSPS) is 16.8. The summed E-state index contributed by atoms with van der Waals surface area (Å²) in [6.45, 7) is 0.627. The summed E-state index contributed by atoms with van der Waals surface area (Å²) in [6, 6.07) is 21.3. The van der Waals surface area contributed by atoms with E-state index in [1.165, 1.54) is 0 Å². The number of nitrogens with one attached hydrogen (secondary N) is 2. The molecule has 4 aromatic rings. The minimum Gasteiger partial charge on any atom is -0.438 e. The van der Waals surface area contributed by atoms with Crippen LogP contribution in [0.4, 0.5) is 11.8 Å². The molecule has 8 heteroatoms. The van der Waals surface area contributed by atoms with Crippen LogP contribution in [0.25, 0.3) is 10.9 Å². The second kappa shape index (κ2) is 12.4. The first-order chi connectivity index (χ1) is 18.1. The Labute approximate surface area is 224 Å². The first-order valence-electron chi connectivity index (χ1n) is 12.7. The number of hydrogen-bond donors (Lipinski definition) is 2. The number of pyridine rings is 1. The van der Waals surface area contributed by atoms with Crippen LogP contribution in [-0.2, 0) is 0 Å². The van der Waals surface area contributed by atoms with Crippen LogP contribution in [0.15, 0.2) is 72.9 Å². The summed E-state index contributed by atoms with van der Waals surface area (Å²) in [4.78, 5) is 28.7. The molecule has 0 saturated heterocycles. The maximum atomic E-state index is 12.9. The van der Waals surface area contributed by atoms with E-state index in [2.05, 4.69) is 21.7 Å². The van der Waals surface area contributed by atoms with Gasteiger partial charge in [-0.25, -0.2) is 9.97 Å². The highest BCUT2D eigenvalue weighted by atomic mass is 16.5. The van der Waals surface area contributed by atoms with Crippen molar-refractivity contribution in [3.05, 3.63) is 78.5 Å². The van der Waals surface area contributed by atoms with Gasteiger partial charge in [-0.2, -0.15) is 4.98 Å².